The van der Waals surface area contributed by atoms with Gasteiger partial charge in [0.1, 0.15) is 6.54 Å². The molecule has 5 heteroatoms. The van der Waals surface area contributed by atoms with Gasteiger partial charge in [-0.2, -0.15) is 0 Å². The van der Waals surface area contributed by atoms with Crippen LogP contribution >= 0.6 is 0 Å². The lowest BCUT2D eigenvalue weighted by Crippen LogP contribution is -2.42. The number of carboxylic acids is 1. The minimum absolute atomic E-state index is 0.0414. The van der Waals surface area contributed by atoms with Crippen molar-refractivity contribution in [2.45, 2.75) is 33.2 Å². The number of carboxylic acid groups (broad SMARTS) is 1. The highest BCUT2D eigenvalue weighted by atomic mass is 16.4. The van der Waals surface area contributed by atoms with Gasteiger partial charge in [0.2, 0.25) is 5.91 Å². The molecular weight excluding hydrogens is 256 g/mol. The Labute approximate surface area is 119 Å². The molecule has 0 spiro atoms. The molecule has 110 valence electrons. The maximum absolute atomic E-state index is 11.9. The van der Waals surface area contributed by atoms with E-state index in [-0.39, 0.29) is 25.0 Å². The highest BCUT2D eigenvalue weighted by molar-refractivity contribution is 5.84. The number of nitrogens with one attached hydrogen (secondary N) is 1. The van der Waals surface area contributed by atoms with E-state index < -0.39 is 5.97 Å². The predicted molar refractivity (Wildman–Crippen MR) is 78.9 cm³/mol. The number of benzene rings is 1. The third-order valence-corrected chi connectivity index (χ3v) is 3.08. The zero-order chi connectivity index (χ0) is 15.1. The first-order chi connectivity index (χ1) is 9.42. The van der Waals surface area contributed by atoms with Gasteiger partial charge in [-0.25, -0.2) is 0 Å². The third-order valence-electron chi connectivity index (χ3n) is 3.08. The van der Waals surface area contributed by atoms with Crippen LogP contribution in [0.3, 0.4) is 0 Å². The van der Waals surface area contributed by atoms with Crippen molar-refractivity contribution < 1.29 is 14.7 Å². The maximum atomic E-state index is 11.9. The molecule has 1 rings (SSSR count). The number of anilines is 1. The van der Waals surface area contributed by atoms with Gasteiger partial charge >= 0.3 is 5.97 Å². The van der Waals surface area contributed by atoms with Gasteiger partial charge in [-0.1, -0.05) is 24.6 Å². The van der Waals surface area contributed by atoms with Crippen LogP contribution in [0.25, 0.3) is 0 Å². The van der Waals surface area contributed by atoms with Crippen LogP contribution in [-0.2, 0) is 9.59 Å². The van der Waals surface area contributed by atoms with E-state index in [2.05, 4.69) is 5.32 Å². The molecule has 0 saturated carbocycles. The Morgan fingerprint density at radius 3 is 2.35 bits per heavy atom. The van der Waals surface area contributed by atoms with Crippen LogP contribution in [0.4, 0.5) is 5.69 Å². The van der Waals surface area contributed by atoms with Crippen LogP contribution in [0.2, 0.25) is 0 Å². The fourth-order valence-electron chi connectivity index (χ4n) is 1.75. The van der Waals surface area contributed by atoms with Crippen LogP contribution < -0.4 is 10.2 Å². The monoisotopic (exact) mass is 278 g/mol. The van der Waals surface area contributed by atoms with Crippen LogP contribution in [0.5, 0.6) is 0 Å². The molecule has 0 fully saturated rings. The lowest BCUT2D eigenvalue weighted by atomic mass is 10.2. The number of amides is 1. The summed E-state index contributed by atoms with van der Waals surface area (Å²) in [6, 6.07) is 7.55. The van der Waals surface area contributed by atoms with Crippen LogP contribution in [0.1, 0.15) is 25.8 Å². The third kappa shape index (κ3) is 5.30. The first-order valence-electron chi connectivity index (χ1n) is 6.75. The van der Waals surface area contributed by atoms with Gasteiger partial charge in [0.25, 0.3) is 0 Å². The van der Waals surface area contributed by atoms with Crippen molar-refractivity contribution in [3.8, 4) is 0 Å². The Bertz CT molecular complexity index is 457. The van der Waals surface area contributed by atoms with E-state index >= 15 is 0 Å². The van der Waals surface area contributed by atoms with Crippen molar-refractivity contribution in [1.82, 2.24) is 5.32 Å². The van der Waals surface area contributed by atoms with Crippen molar-refractivity contribution in [3.63, 3.8) is 0 Å². The highest BCUT2D eigenvalue weighted by Gasteiger charge is 2.15. The molecule has 1 aromatic carbocycles. The molecule has 0 aliphatic heterocycles. The molecule has 0 saturated heterocycles. The summed E-state index contributed by atoms with van der Waals surface area (Å²) < 4.78 is 0. The average Bonchev–Trinajstić information content (AvgIpc) is 2.38. The van der Waals surface area contributed by atoms with E-state index in [4.69, 9.17) is 5.11 Å². The second-order valence-corrected chi connectivity index (χ2v) is 4.96. The molecule has 1 atom stereocenters. The zero-order valence-corrected chi connectivity index (χ0v) is 12.2. The lowest BCUT2D eigenvalue weighted by Gasteiger charge is -2.23. The van der Waals surface area contributed by atoms with Gasteiger partial charge in [0.05, 0.1) is 6.54 Å². The average molecular weight is 278 g/mol. The number of rotatable bonds is 7. The molecule has 5 nitrogen and oxygen atoms in total. The normalized spacial score (nSPS) is 11.8. The van der Waals surface area contributed by atoms with Gasteiger partial charge in [0.15, 0.2) is 0 Å². The van der Waals surface area contributed by atoms with Crippen LogP contribution in [-0.4, -0.2) is 36.1 Å². The number of carbonyl (C=O) groups excluding carboxylic acids is 1. The molecular formula is C15H22N2O3. The zero-order valence-electron chi connectivity index (χ0n) is 12.2. The highest BCUT2D eigenvalue weighted by Crippen LogP contribution is 2.14. The van der Waals surface area contributed by atoms with Gasteiger partial charge < -0.3 is 15.3 Å². The second-order valence-electron chi connectivity index (χ2n) is 4.96. The standard InChI is InChI=1S/C15H22N2O3/c1-4-12(3)16-14(18)9-17(10-15(19)20)13-7-5-11(2)6-8-13/h5-8,12H,4,9-10H2,1-3H3,(H,16,18)(H,19,20). The summed E-state index contributed by atoms with van der Waals surface area (Å²) in [4.78, 5) is 24.4. The summed E-state index contributed by atoms with van der Waals surface area (Å²) in [6.45, 7) is 5.71. The Morgan fingerprint density at radius 2 is 1.85 bits per heavy atom. The Kier molecular flexibility index (Phi) is 6.03. The molecule has 0 aliphatic rings. The molecule has 1 aromatic rings. The molecule has 1 unspecified atom stereocenters. The van der Waals surface area contributed by atoms with Crippen molar-refractivity contribution in [1.29, 1.82) is 0 Å². The van der Waals surface area contributed by atoms with E-state index in [0.29, 0.717) is 0 Å². The SMILES string of the molecule is CCC(C)NC(=O)CN(CC(=O)O)c1ccc(C)cc1. The summed E-state index contributed by atoms with van der Waals surface area (Å²) in [5, 5.41) is 11.8. The molecule has 2 N–H and O–H groups in total. The van der Waals surface area contributed by atoms with Gasteiger partial charge in [-0.15, -0.1) is 0 Å². The minimum atomic E-state index is -0.957. The molecule has 0 radical (unpaired) electrons. The van der Waals surface area contributed by atoms with Crippen LogP contribution in [0, 0.1) is 6.92 Å². The number of hydrogen-bond donors (Lipinski definition) is 2. The Hall–Kier alpha value is -2.04. The largest absolute Gasteiger partial charge is 0.480 e. The van der Waals surface area contributed by atoms with Crippen molar-refractivity contribution in [2.75, 3.05) is 18.0 Å². The molecule has 20 heavy (non-hydrogen) atoms. The number of carbonyl (C=O) groups is 2. The van der Waals surface area contributed by atoms with Gasteiger partial charge in [0, 0.05) is 11.7 Å². The van der Waals surface area contributed by atoms with E-state index in [1.165, 1.54) is 0 Å². The summed E-state index contributed by atoms with van der Waals surface area (Å²) in [5.74, 6) is -1.12. The Balaban J connectivity index is 2.76. The van der Waals surface area contributed by atoms with Crippen LogP contribution in [0.15, 0.2) is 24.3 Å². The van der Waals surface area contributed by atoms with E-state index in [1.807, 2.05) is 45.0 Å². The minimum Gasteiger partial charge on any atom is -0.480 e. The van der Waals surface area contributed by atoms with Gasteiger partial charge in [-0.3, -0.25) is 9.59 Å². The van der Waals surface area contributed by atoms with E-state index in [1.54, 1.807) is 4.90 Å². The topological polar surface area (TPSA) is 69.6 Å². The molecule has 0 heterocycles. The fraction of sp³-hybridized carbons (Fsp3) is 0.467. The lowest BCUT2D eigenvalue weighted by molar-refractivity contribution is -0.135. The summed E-state index contributed by atoms with van der Waals surface area (Å²) in [5.41, 5.74) is 1.82. The molecule has 0 bridgehead atoms. The first kappa shape index (κ1) is 16.0. The Morgan fingerprint density at radius 1 is 1.25 bits per heavy atom. The van der Waals surface area contributed by atoms with Gasteiger partial charge in [-0.05, 0) is 32.4 Å². The van der Waals surface area contributed by atoms with E-state index in [9.17, 15) is 9.59 Å². The quantitative estimate of drug-likeness (QED) is 0.798. The fourth-order valence-corrected chi connectivity index (χ4v) is 1.75. The second kappa shape index (κ2) is 7.53. The molecule has 1 amide bonds. The predicted octanol–water partition coefficient (Wildman–Crippen LogP) is 1.80. The molecule has 0 aromatic heterocycles. The van der Waals surface area contributed by atoms with Crippen molar-refractivity contribution in [3.05, 3.63) is 29.8 Å². The smallest absolute Gasteiger partial charge is 0.323 e. The summed E-state index contributed by atoms with van der Waals surface area (Å²) >= 11 is 0. The molecule has 0 aliphatic carbocycles. The summed E-state index contributed by atoms with van der Waals surface area (Å²) in [7, 11) is 0. The number of aryl methyl sites for hydroxylation is 1. The first-order valence-corrected chi connectivity index (χ1v) is 6.75. The van der Waals surface area contributed by atoms with E-state index in [0.717, 1.165) is 17.7 Å². The van der Waals surface area contributed by atoms with Crippen molar-refractivity contribution >= 4 is 17.6 Å². The number of hydrogen-bond acceptors (Lipinski definition) is 3. The van der Waals surface area contributed by atoms with Crippen molar-refractivity contribution in [2.24, 2.45) is 0 Å². The summed E-state index contributed by atoms with van der Waals surface area (Å²) in [6.07, 6.45) is 0.842. The number of aliphatic carboxylic acids is 1. The number of nitrogens with zero attached hydrogens (tertiary/aromatic N) is 1. The maximum Gasteiger partial charge on any atom is 0.323 e.